The Morgan fingerprint density at radius 1 is 0.641 bits per heavy atom. The molecule has 2 aromatic heterocycles. The summed E-state index contributed by atoms with van der Waals surface area (Å²) in [5.74, 6) is 0.804. The first-order valence-corrected chi connectivity index (χ1v) is 14.0. The largest absolute Gasteiger partial charge is 0.333 e. The molecule has 4 aromatic carbocycles. The molecule has 2 heterocycles. The third-order valence-corrected chi connectivity index (χ3v) is 8.73. The lowest BCUT2D eigenvalue weighted by molar-refractivity contribution is 0.634. The summed E-state index contributed by atoms with van der Waals surface area (Å²) in [4.78, 5) is 0. The van der Waals surface area contributed by atoms with Crippen molar-refractivity contribution in [2.75, 3.05) is 0 Å². The maximum atomic E-state index is 2.55. The highest BCUT2D eigenvalue weighted by molar-refractivity contribution is 6.08. The second-order valence-corrected chi connectivity index (χ2v) is 11.0. The smallest absolute Gasteiger partial charge is 0.0580 e. The van der Waals surface area contributed by atoms with Gasteiger partial charge in [-0.1, -0.05) is 110 Å². The average molecular weight is 503 g/mol. The molecule has 8 rings (SSSR count). The van der Waals surface area contributed by atoms with Gasteiger partial charge in [0.15, 0.2) is 0 Å². The molecule has 2 unspecified atom stereocenters. The Hall–Kier alpha value is -4.56. The number of aromatic nitrogens is 2. The minimum atomic E-state index is 0.244. The fourth-order valence-corrected chi connectivity index (χ4v) is 6.97. The third kappa shape index (κ3) is 3.41. The van der Waals surface area contributed by atoms with Gasteiger partial charge in [0.25, 0.3) is 0 Å². The van der Waals surface area contributed by atoms with Crippen LogP contribution in [-0.2, 0) is 0 Å². The first kappa shape index (κ1) is 22.4. The lowest BCUT2D eigenvalue weighted by Gasteiger charge is -2.25. The molecule has 0 aliphatic heterocycles. The lowest BCUT2D eigenvalue weighted by atomic mass is 9.83. The van der Waals surface area contributed by atoms with Crippen molar-refractivity contribution in [3.8, 4) is 0 Å². The Balaban J connectivity index is 1.33. The van der Waals surface area contributed by atoms with Crippen molar-refractivity contribution in [1.29, 1.82) is 0 Å². The number of hydrogen-bond acceptors (Lipinski definition) is 0. The molecular formula is C37H30N2. The number of para-hydroxylation sites is 3. The minimum Gasteiger partial charge on any atom is -0.333 e. The van der Waals surface area contributed by atoms with Crippen molar-refractivity contribution < 1.29 is 0 Å². The molecule has 0 N–H and O–H groups in total. The zero-order valence-electron chi connectivity index (χ0n) is 22.0. The molecule has 0 fully saturated rings. The van der Waals surface area contributed by atoms with Gasteiger partial charge in [-0.3, -0.25) is 0 Å². The molecule has 0 radical (unpaired) electrons. The fraction of sp³-hybridized carbons (Fsp3) is 0.135. The van der Waals surface area contributed by atoms with E-state index in [4.69, 9.17) is 0 Å². The van der Waals surface area contributed by atoms with Gasteiger partial charge in [-0.15, -0.1) is 0 Å². The van der Waals surface area contributed by atoms with Crippen LogP contribution in [0.15, 0.2) is 121 Å². The lowest BCUT2D eigenvalue weighted by Crippen LogP contribution is -2.33. The standard InChI is InChI=1S/C37H30N2/c1-25-23-27(19-21-29(25)26-11-3-2-4-12-26)39-36-18-10-7-15-32(36)33-22-20-28(24-37(33)39)38-34-16-8-5-13-30(34)31-14-6-9-17-35(31)38/h2-19,21-25,28-29H,20H2,1H3/t25?,28-,29?/m0/s1. The highest BCUT2D eigenvalue weighted by atomic mass is 15.0. The molecule has 2 nitrogen and oxygen atoms in total. The van der Waals surface area contributed by atoms with Crippen LogP contribution >= 0.6 is 0 Å². The molecule has 39 heavy (non-hydrogen) atoms. The monoisotopic (exact) mass is 502 g/mol. The van der Waals surface area contributed by atoms with Gasteiger partial charge in [0.2, 0.25) is 0 Å². The Kier molecular flexibility index (Phi) is 5.03. The van der Waals surface area contributed by atoms with Crippen molar-refractivity contribution in [1.82, 2.24) is 9.13 Å². The van der Waals surface area contributed by atoms with E-state index in [1.807, 2.05) is 0 Å². The Labute approximate surface area is 228 Å². The highest BCUT2D eigenvalue weighted by Gasteiger charge is 2.23. The predicted octanol–water partition coefficient (Wildman–Crippen LogP) is 7.79. The first-order valence-electron chi connectivity index (χ1n) is 14.0. The normalized spacial score (nSPS) is 20.5. The number of hydrogen-bond donors (Lipinski definition) is 0. The summed E-state index contributed by atoms with van der Waals surface area (Å²) < 4.78 is 5.04. The molecule has 3 atom stereocenters. The van der Waals surface area contributed by atoms with Gasteiger partial charge in [0, 0.05) is 44.0 Å². The van der Waals surface area contributed by atoms with Gasteiger partial charge < -0.3 is 9.13 Å². The Morgan fingerprint density at radius 2 is 1.26 bits per heavy atom. The molecular weight excluding hydrogens is 472 g/mol. The van der Waals surface area contributed by atoms with Gasteiger partial charge in [-0.2, -0.15) is 0 Å². The van der Waals surface area contributed by atoms with Gasteiger partial charge in [0.1, 0.15) is 0 Å². The minimum absolute atomic E-state index is 0.244. The molecule has 0 spiro atoms. The van der Waals surface area contributed by atoms with Crippen molar-refractivity contribution in [2.45, 2.75) is 25.3 Å². The van der Waals surface area contributed by atoms with E-state index in [0.717, 1.165) is 6.42 Å². The van der Waals surface area contributed by atoms with Crippen molar-refractivity contribution in [2.24, 2.45) is 5.92 Å². The maximum Gasteiger partial charge on any atom is 0.0580 e. The molecule has 0 saturated carbocycles. The van der Waals surface area contributed by atoms with Crippen LogP contribution in [0.2, 0.25) is 0 Å². The van der Waals surface area contributed by atoms with E-state index in [-0.39, 0.29) is 6.04 Å². The number of fused-ring (bicyclic) bond motifs is 6. The van der Waals surface area contributed by atoms with E-state index in [9.17, 15) is 0 Å². The predicted molar refractivity (Wildman–Crippen MR) is 165 cm³/mol. The quantitative estimate of drug-likeness (QED) is 0.234. The number of benzene rings is 4. The molecule has 2 heteroatoms. The van der Waals surface area contributed by atoms with E-state index in [1.165, 1.54) is 54.5 Å². The summed E-state index contributed by atoms with van der Waals surface area (Å²) in [5.41, 5.74) is 6.52. The van der Waals surface area contributed by atoms with Gasteiger partial charge >= 0.3 is 0 Å². The summed E-state index contributed by atoms with van der Waals surface area (Å²) in [6.45, 7) is 2.34. The molecule has 6 aromatic rings. The van der Waals surface area contributed by atoms with Gasteiger partial charge in [-0.05, 0) is 48.3 Å². The van der Waals surface area contributed by atoms with Crippen LogP contribution in [0.4, 0.5) is 0 Å². The van der Waals surface area contributed by atoms with E-state index in [2.05, 4.69) is 150 Å². The molecule has 188 valence electrons. The summed E-state index contributed by atoms with van der Waals surface area (Å²) in [7, 11) is 0. The van der Waals surface area contributed by atoms with Crippen LogP contribution < -0.4 is 10.6 Å². The van der Waals surface area contributed by atoms with Crippen molar-refractivity contribution in [3.05, 3.63) is 137 Å². The van der Waals surface area contributed by atoms with Crippen LogP contribution in [-0.4, -0.2) is 9.13 Å². The van der Waals surface area contributed by atoms with Crippen molar-refractivity contribution in [3.63, 3.8) is 0 Å². The second-order valence-electron chi connectivity index (χ2n) is 11.0. The van der Waals surface area contributed by atoms with Crippen LogP contribution in [0.5, 0.6) is 0 Å². The number of allylic oxidation sites excluding steroid dienone is 4. The first-order chi connectivity index (χ1) is 19.3. The number of rotatable bonds is 3. The van der Waals surface area contributed by atoms with E-state index < -0.39 is 0 Å². The molecule has 0 bridgehead atoms. The zero-order chi connectivity index (χ0) is 25.9. The van der Waals surface area contributed by atoms with Crippen LogP contribution in [0.25, 0.3) is 50.6 Å². The molecule has 2 aliphatic carbocycles. The van der Waals surface area contributed by atoms with Crippen LogP contribution in [0.1, 0.15) is 30.9 Å². The molecule has 0 saturated heterocycles. The summed E-state index contributed by atoms with van der Waals surface area (Å²) in [5, 5.41) is 6.64. The molecule has 0 amide bonds. The highest BCUT2D eigenvalue weighted by Crippen LogP contribution is 2.36. The van der Waals surface area contributed by atoms with Gasteiger partial charge in [-0.25, -0.2) is 0 Å². The average Bonchev–Trinajstić information content (AvgIpc) is 3.50. The SMILES string of the molecule is CC1C=C(n2c3c(c4ccccc42)=CC[C@H](n2c4ccccc4c4ccccc42)C=3)C=CC1c1ccccc1. The summed E-state index contributed by atoms with van der Waals surface area (Å²) >= 11 is 0. The maximum absolute atomic E-state index is 2.55. The summed E-state index contributed by atoms with van der Waals surface area (Å²) in [6.07, 6.45) is 13.1. The van der Waals surface area contributed by atoms with Crippen LogP contribution in [0.3, 0.4) is 0 Å². The Bertz CT molecular complexity index is 2010. The van der Waals surface area contributed by atoms with E-state index in [0.29, 0.717) is 11.8 Å². The Morgan fingerprint density at radius 3 is 1.95 bits per heavy atom. The van der Waals surface area contributed by atoms with Crippen molar-refractivity contribution >= 4 is 50.6 Å². The topological polar surface area (TPSA) is 9.86 Å². The van der Waals surface area contributed by atoms with E-state index in [1.54, 1.807) is 0 Å². The zero-order valence-corrected chi connectivity index (χ0v) is 22.0. The number of nitrogens with zero attached hydrogens (tertiary/aromatic N) is 2. The summed E-state index contributed by atoms with van der Waals surface area (Å²) in [6, 6.07) is 37.7. The second kappa shape index (κ2) is 8.74. The molecule has 2 aliphatic rings. The van der Waals surface area contributed by atoms with Crippen LogP contribution in [0, 0.1) is 5.92 Å². The third-order valence-electron chi connectivity index (χ3n) is 8.73. The van der Waals surface area contributed by atoms with Gasteiger partial charge in [0.05, 0.1) is 16.9 Å². The van der Waals surface area contributed by atoms with E-state index >= 15 is 0 Å². The fourth-order valence-electron chi connectivity index (χ4n) is 6.97.